The number of nitrogens with zero attached hydrogens (tertiary/aromatic N) is 2. The highest BCUT2D eigenvalue weighted by Crippen LogP contribution is 2.09. The summed E-state index contributed by atoms with van der Waals surface area (Å²) in [5, 5.41) is 2.73. The van der Waals surface area contributed by atoms with Crippen molar-refractivity contribution in [2.24, 2.45) is 0 Å². The molecule has 1 atom stereocenters. The maximum atomic E-state index is 12.3. The lowest BCUT2D eigenvalue weighted by molar-refractivity contribution is -0.122. The summed E-state index contributed by atoms with van der Waals surface area (Å²) in [5.41, 5.74) is 0.869. The number of fused-ring (bicyclic) bond motifs is 1. The lowest BCUT2D eigenvalue weighted by Crippen LogP contribution is -2.38. The van der Waals surface area contributed by atoms with Crippen molar-refractivity contribution in [2.75, 3.05) is 0 Å². The Labute approximate surface area is 143 Å². The third kappa shape index (κ3) is 3.82. The monoisotopic (exact) mass is 339 g/mol. The molecule has 0 aliphatic carbocycles. The fourth-order valence-electron chi connectivity index (χ4n) is 2.61. The van der Waals surface area contributed by atoms with Gasteiger partial charge in [0.25, 0.3) is 5.56 Å². The number of ketones is 1. The molecule has 2 heterocycles. The molecule has 25 heavy (non-hydrogen) atoms. The molecule has 0 unspecified atom stereocenters. The van der Waals surface area contributed by atoms with Crippen LogP contribution in [0.1, 0.15) is 23.9 Å². The molecule has 0 fully saturated rings. The number of carbonyl (C=O) groups excluding carboxylic acids is 2. The van der Waals surface area contributed by atoms with E-state index in [-0.39, 0.29) is 42.0 Å². The third-order valence-corrected chi connectivity index (χ3v) is 3.75. The first-order valence-corrected chi connectivity index (χ1v) is 7.85. The van der Waals surface area contributed by atoms with Crippen LogP contribution in [-0.4, -0.2) is 27.3 Å². The van der Waals surface area contributed by atoms with E-state index >= 15 is 0 Å². The van der Waals surface area contributed by atoms with Gasteiger partial charge in [0, 0.05) is 12.5 Å². The Morgan fingerprint density at radius 3 is 2.80 bits per heavy atom. The quantitative estimate of drug-likeness (QED) is 0.691. The summed E-state index contributed by atoms with van der Waals surface area (Å²) in [6.07, 6.45) is 2.74. The molecule has 1 amide bonds. The zero-order valence-corrected chi connectivity index (χ0v) is 13.6. The number of Topliss-reactive ketones (excluding diaryl/α,β-unsaturated/α-hetero) is 1. The van der Waals surface area contributed by atoms with Gasteiger partial charge in [0.1, 0.15) is 6.54 Å². The Morgan fingerprint density at radius 1 is 1.24 bits per heavy atom. The Balaban J connectivity index is 1.68. The fourth-order valence-corrected chi connectivity index (χ4v) is 2.61. The number of nitrogens with one attached hydrogen (secondary N) is 1. The van der Waals surface area contributed by atoms with E-state index in [0.29, 0.717) is 11.0 Å². The normalized spacial score (nSPS) is 12.0. The summed E-state index contributed by atoms with van der Waals surface area (Å²) in [6, 6.07) is 9.94. The van der Waals surface area contributed by atoms with Gasteiger partial charge in [-0.3, -0.25) is 19.0 Å². The van der Waals surface area contributed by atoms with Crippen LogP contribution in [0.25, 0.3) is 11.0 Å². The first-order valence-electron chi connectivity index (χ1n) is 7.85. The van der Waals surface area contributed by atoms with Gasteiger partial charge in [0.15, 0.2) is 11.5 Å². The summed E-state index contributed by atoms with van der Waals surface area (Å²) in [7, 11) is 0. The van der Waals surface area contributed by atoms with Crippen LogP contribution in [0.3, 0.4) is 0 Å². The molecule has 3 rings (SSSR count). The van der Waals surface area contributed by atoms with Gasteiger partial charge >= 0.3 is 0 Å². The molecule has 0 radical (unpaired) electrons. The minimum Gasteiger partial charge on any atom is -0.461 e. The molecule has 0 spiro atoms. The highest BCUT2D eigenvalue weighted by Gasteiger charge is 2.16. The summed E-state index contributed by atoms with van der Waals surface area (Å²) in [6.45, 7) is 1.59. The van der Waals surface area contributed by atoms with Crippen LogP contribution < -0.4 is 10.9 Å². The van der Waals surface area contributed by atoms with E-state index < -0.39 is 0 Å². The van der Waals surface area contributed by atoms with Crippen LogP contribution in [0.15, 0.2) is 58.1 Å². The lowest BCUT2D eigenvalue weighted by atomic mass is 10.1. The van der Waals surface area contributed by atoms with Gasteiger partial charge in [-0.25, -0.2) is 4.98 Å². The number of para-hydroxylation sites is 2. The molecule has 3 aromatic rings. The highest BCUT2D eigenvalue weighted by atomic mass is 16.3. The van der Waals surface area contributed by atoms with E-state index in [1.807, 2.05) is 6.07 Å². The van der Waals surface area contributed by atoms with Gasteiger partial charge in [0.05, 0.1) is 23.5 Å². The Kier molecular flexibility index (Phi) is 4.74. The molecular weight excluding hydrogens is 322 g/mol. The van der Waals surface area contributed by atoms with Crippen molar-refractivity contribution in [3.63, 3.8) is 0 Å². The fraction of sp³-hybridized carbons (Fsp3) is 0.222. The predicted octanol–water partition coefficient (Wildman–Crippen LogP) is 1.77. The standard InChI is InChI=1S/C18H17N3O4/c1-12(9-15(22)16-7-4-8-25-16)20-17(23)11-21-14-6-3-2-5-13(14)19-10-18(21)24/h2-8,10,12H,9,11H2,1H3,(H,20,23)/t12-/m0/s1. The molecule has 1 N–H and O–H groups in total. The predicted molar refractivity (Wildman–Crippen MR) is 91.3 cm³/mol. The average Bonchev–Trinajstić information content (AvgIpc) is 3.12. The zero-order chi connectivity index (χ0) is 17.8. The van der Waals surface area contributed by atoms with Gasteiger partial charge in [-0.15, -0.1) is 0 Å². The molecule has 0 saturated heterocycles. The first kappa shape index (κ1) is 16.6. The molecule has 0 aliphatic rings. The van der Waals surface area contributed by atoms with Gasteiger partial charge in [-0.2, -0.15) is 0 Å². The van der Waals surface area contributed by atoms with Crippen molar-refractivity contribution in [1.82, 2.24) is 14.9 Å². The average molecular weight is 339 g/mol. The molecule has 7 nitrogen and oxygen atoms in total. The van der Waals surface area contributed by atoms with Gasteiger partial charge in [-0.05, 0) is 31.2 Å². The molecule has 7 heteroatoms. The molecule has 0 saturated carbocycles. The van der Waals surface area contributed by atoms with Crippen LogP contribution in [0.5, 0.6) is 0 Å². The molecular formula is C18H17N3O4. The van der Waals surface area contributed by atoms with Gasteiger partial charge < -0.3 is 9.73 Å². The van der Waals surface area contributed by atoms with Crippen molar-refractivity contribution in [2.45, 2.75) is 25.9 Å². The number of benzene rings is 1. The van der Waals surface area contributed by atoms with Crippen molar-refractivity contribution in [3.8, 4) is 0 Å². The number of rotatable bonds is 6. The Hall–Kier alpha value is -3.22. The number of carbonyl (C=O) groups is 2. The molecule has 0 bridgehead atoms. The largest absolute Gasteiger partial charge is 0.461 e. The topological polar surface area (TPSA) is 94.2 Å². The smallest absolute Gasteiger partial charge is 0.269 e. The maximum absolute atomic E-state index is 12.3. The van der Waals surface area contributed by atoms with E-state index in [4.69, 9.17) is 4.42 Å². The number of aromatic nitrogens is 2. The van der Waals surface area contributed by atoms with Gasteiger partial charge in [-0.1, -0.05) is 12.1 Å². The minimum atomic E-state index is -0.381. The second-order valence-corrected chi connectivity index (χ2v) is 5.74. The number of hydrogen-bond acceptors (Lipinski definition) is 5. The first-order chi connectivity index (χ1) is 12.0. The summed E-state index contributed by atoms with van der Waals surface area (Å²) in [5.74, 6) is -0.278. The minimum absolute atomic E-state index is 0.116. The van der Waals surface area contributed by atoms with Crippen molar-refractivity contribution in [3.05, 3.63) is 65.0 Å². The maximum Gasteiger partial charge on any atom is 0.269 e. The molecule has 0 aliphatic heterocycles. The van der Waals surface area contributed by atoms with Crippen molar-refractivity contribution >= 4 is 22.7 Å². The second-order valence-electron chi connectivity index (χ2n) is 5.74. The third-order valence-electron chi connectivity index (χ3n) is 3.75. The van der Waals surface area contributed by atoms with Crippen molar-refractivity contribution in [1.29, 1.82) is 0 Å². The van der Waals surface area contributed by atoms with Crippen LogP contribution in [0, 0.1) is 0 Å². The number of amides is 1. The van der Waals surface area contributed by atoms with Crippen LogP contribution >= 0.6 is 0 Å². The lowest BCUT2D eigenvalue weighted by Gasteiger charge is -2.14. The van der Waals surface area contributed by atoms with Crippen LogP contribution in [0.2, 0.25) is 0 Å². The van der Waals surface area contributed by atoms with Gasteiger partial charge in [0.2, 0.25) is 5.91 Å². The Bertz CT molecular complexity index is 960. The molecule has 128 valence electrons. The van der Waals surface area contributed by atoms with Crippen molar-refractivity contribution < 1.29 is 14.0 Å². The SMILES string of the molecule is C[C@@H](CC(=O)c1ccco1)NC(=O)Cn1c(=O)cnc2ccccc21. The second kappa shape index (κ2) is 7.12. The van der Waals surface area contributed by atoms with E-state index in [1.54, 1.807) is 37.3 Å². The summed E-state index contributed by atoms with van der Waals surface area (Å²) >= 11 is 0. The summed E-state index contributed by atoms with van der Waals surface area (Å²) in [4.78, 5) is 40.3. The van der Waals surface area contributed by atoms with Crippen LogP contribution in [-0.2, 0) is 11.3 Å². The van der Waals surface area contributed by atoms with E-state index in [2.05, 4.69) is 10.3 Å². The Morgan fingerprint density at radius 2 is 2.04 bits per heavy atom. The van der Waals surface area contributed by atoms with Crippen LogP contribution in [0.4, 0.5) is 0 Å². The number of furan rings is 1. The van der Waals surface area contributed by atoms with E-state index in [1.165, 1.54) is 17.0 Å². The molecule has 1 aromatic carbocycles. The highest BCUT2D eigenvalue weighted by molar-refractivity contribution is 5.94. The molecule has 2 aromatic heterocycles. The van der Waals surface area contributed by atoms with E-state index in [0.717, 1.165) is 0 Å². The zero-order valence-electron chi connectivity index (χ0n) is 13.6. The van der Waals surface area contributed by atoms with E-state index in [9.17, 15) is 14.4 Å². The summed E-state index contributed by atoms with van der Waals surface area (Å²) < 4.78 is 6.41. The number of hydrogen-bond donors (Lipinski definition) is 1.